The van der Waals surface area contributed by atoms with Crippen molar-refractivity contribution >= 4 is 0 Å². The minimum Gasteiger partial charge on any atom is -0.380 e. The summed E-state index contributed by atoms with van der Waals surface area (Å²) < 4.78 is 50.8. The average Bonchev–Trinajstić information content (AvgIpc) is 2.14. The van der Waals surface area contributed by atoms with Crippen LogP contribution < -0.4 is 0 Å². The summed E-state index contributed by atoms with van der Waals surface area (Å²) in [6.45, 7) is 5.82. The van der Waals surface area contributed by atoms with Crippen LogP contribution in [0.1, 0.15) is 25.8 Å². The van der Waals surface area contributed by atoms with E-state index >= 15 is 0 Å². The molecule has 1 aromatic carbocycles. The first kappa shape index (κ1) is 15.0. The summed E-state index contributed by atoms with van der Waals surface area (Å²) in [5.74, 6) is -0.528. The fraction of sp³-hybridized carbons (Fsp3) is 0.462. The standard InChI is InChI=1S/C13H15F4O/c1-11(2,8-12(3,18)13(15,16)17)9-5-4-6-10(14)7-9/h4-7,18H,3,8H2,1-2H3. The van der Waals surface area contributed by atoms with Crippen LogP contribution in [0.15, 0.2) is 24.3 Å². The molecule has 101 valence electrons. The van der Waals surface area contributed by atoms with Crippen molar-refractivity contribution in [1.82, 2.24) is 0 Å². The topological polar surface area (TPSA) is 20.2 Å². The first-order valence-electron chi connectivity index (χ1n) is 5.36. The number of alkyl halides is 3. The van der Waals surface area contributed by atoms with E-state index in [0.717, 1.165) is 6.07 Å². The normalized spacial score (nSPS) is 16.4. The number of benzene rings is 1. The van der Waals surface area contributed by atoms with Crippen LogP contribution in [0.3, 0.4) is 0 Å². The Morgan fingerprint density at radius 3 is 2.22 bits per heavy atom. The van der Waals surface area contributed by atoms with E-state index in [4.69, 9.17) is 0 Å². The maximum atomic E-state index is 13.1. The van der Waals surface area contributed by atoms with Gasteiger partial charge in [0.25, 0.3) is 0 Å². The molecule has 0 heterocycles. The molecular formula is C13H15F4O. The summed E-state index contributed by atoms with van der Waals surface area (Å²) in [5.41, 5.74) is -3.72. The summed E-state index contributed by atoms with van der Waals surface area (Å²) in [4.78, 5) is 0. The van der Waals surface area contributed by atoms with Gasteiger partial charge < -0.3 is 5.11 Å². The molecule has 0 aromatic heterocycles. The SMILES string of the molecule is [CH2]C(O)(CC(C)(C)c1cccc(F)c1)C(F)(F)F. The lowest BCUT2D eigenvalue weighted by Crippen LogP contribution is -2.46. The molecule has 1 atom stereocenters. The van der Waals surface area contributed by atoms with Gasteiger partial charge in [-0.1, -0.05) is 26.0 Å². The van der Waals surface area contributed by atoms with E-state index in [1.165, 1.54) is 32.0 Å². The van der Waals surface area contributed by atoms with E-state index in [1.807, 2.05) is 0 Å². The van der Waals surface area contributed by atoms with Gasteiger partial charge in [-0.15, -0.1) is 0 Å². The highest BCUT2D eigenvalue weighted by Crippen LogP contribution is 2.40. The minimum atomic E-state index is -4.82. The van der Waals surface area contributed by atoms with Crippen LogP contribution in [0, 0.1) is 12.7 Å². The molecule has 0 fully saturated rings. The molecule has 1 aromatic rings. The number of hydrogen-bond acceptors (Lipinski definition) is 1. The van der Waals surface area contributed by atoms with Gasteiger partial charge in [0.15, 0.2) is 5.60 Å². The number of hydrogen-bond donors (Lipinski definition) is 1. The van der Waals surface area contributed by atoms with Crippen molar-refractivity contribution in [1.29, 1.82) is 0 Å². The summed E-state index contributed by atoms with van der Waals surface area (Å²) in [5, 5.41) is 9.39. The quantitative estimate of drug-likeness (QED) is 0.826. The molecule has 1 radical (unpaired) electrons. The monoisotopic (exact) mass is 263 g/mol. The molecule has 0 spiro atoms. The Kier molecular flexibility index (Phi) is 3.77. The van der Waals surface area contributed by atoms with Gasteiger partial charge >= 0.3 is 6.18 Å². The molecule has 0 aliphatic heterocycles. The Bertz CT molecular complexity index is 421. The van der Waals surface area contributed by atoms with Crippen LogP contribution in [-0.4, -0.2) is 16.9 Å². The second-order valence-corrected chi connectivity index (χ2v) is 5.10. The van der Waals surface area contributed by atoms with Gasteiger partial charge in [0.05, 0.1) is 0 Å². The molecule has 1 rings (SSSR count). The Balaban J connectivity index is 3.02. The van der Waals surface area contributed by atoms with Gasteiger partial charge in [-0.25, -0.2) is 4.39 Å². The predicted molar refractivity (Wildman–Crippen MR) is 60.4 cm³/mol. The molecule has 0 saturated carbocycles. The maximum absolute atomic E-state index is 13.1. The molecule has 0 saturated heterocycles. The van der Waals surface area contributed by atoms with Crippen LogP contribution in [0.2, 0.25) is 0 Å². The second-order valence-electron chi connectivity index (χ2n) is 5.10. The zero-order valence-corrected chi connectivity index (χ0v) is 10.2. The van der Waals surface area contributed by atoms with Crippen LogP contribution >= 0.6 is 0 Å². The molecule has 0 amide bonds. The Morgan fingerprint density at radius 2 is 1.78 bits per heavy atom. The van der Waals surface area contributed by atoms with Gasteiger partial charge in [-0.05, 0) is 36.5 Å². The highest BCUT2D eigenvalue weighted by Gasteiger charge is 2.52. The third-order valence-electron chi connectivity index (χ3n) is 2.87. The Morgan fingerprint density at radius 1 is 1.22 bits per heavy atom. The third-order valence-corrected chi connectivity index (χ3v) is 2.87. The van der Waals surface area contributed by atoms with Crippen LogP contribution in [0.4, 0.5) is 17.6 Å². The van der Waals surface area contributed by atoms with Crippen molar-refractivity contribution in [2.24, 2.45) is 0 Å². The van der Waals surface area contributed by atoms with Crippen molar-refractivity contribution < 1.29 is 22.7 Å². The van der Waals surface area contributed by atoms with Gasteiger partial charge in [0.1, 0.15) is 5.82 Å². The van der Waals surface area contributed by atoms with E-state index in [0.29, 0.717) is 5.56 Å². The molecule has 0 aliphatic carbocycles. The third kappa shape index (κ3) is 3.22. The number of halogens is 4. The van der Waals surface area contributed by atoms with E-state index in [2.05, 4.69) is 6.92 Å². The van der Waals surface area contributed by atoms with E-state index in [9.17, 15) is 22.7 Å². The van der Waals surface area contributed by atoms with E-state index in [-0.39, 0.29) is 0 Å². The summed E-state index contributed by atoms with van der Waals surface area (Å²) >= 11 is 0. The fourth-order valence-electron chi connectivity index (χ4n) is 1.84. The van der Waals surface area contributed by atoms with Crippen LogP contribution in [-0.2, 0) is 5.41 Å². The first-order chi connectivity index (χ1) is 7.96. The highest BCUT2D eigenvalue weighted by atomic mass is 19.4. The zero-order valence-electron chi connectivity index (χ0n) is 10.2. The lowest BCUT2D eigenvalue weighted by Gasteiger charge is -2.35. The van der Waals surface area contributed by atoms with Gasteiger partial charge in [0.2, 0.25) is 0 Å². The summed E-state index contributed by atoms with van der Waals surface area (Å²) in [6, 6.07) is 5.31. The highest BCUT2D eigenvalue weighted by molar-refractivity contribution is 5.25. The van der Waals surface area contributed by atoms with Crippen molar-refractivity contribution in [2.75, 3.05) is 0 Å². The lowest BCUT2D eigenvalue weighted by molar-refractivity contribution is -0.247. The molecule has 1 unspecified atom stereocenters. The average molecular weight is 263 g/mol. The van der Waals surface area contributed by atoms with Gasteiger partial charge in [-0.3, -0.25) is 0 Å². The first-order valence-corrected chi connectivity index (χ1v) is 5.36. The van der Waals surface area contributed by atoms with Crippen LogP contribution in [0.25, 0.3) is 0 Å². The van der Waals surface area contributed by atoms with E-state index < -0.39 is 29.4 Å². The van der Waals surface area contributed by atoms with Crippen LogP contribution in [0.5, 0.6) is 0 Å². The molecule has 0 bridgehead atoms. The van der Waals surface area contributed by atoms with Gasteiger partial charge in [0, 0.05) is 0 Å². The second kappa shape index (κ2) is 4.53. The molecular weight excluding hydrogens is 248 g/mol. The molecule has 18 heavy (non-hydrogen) atoms. The van der Waals surface area contributed by atoms with Crippen molar-refractivity contribution in [3.8, 4) is 0 Å². The Hall–Kier alpha value is -1.10. The molecule has 1 N–H and O–H groups in total. The van der Waals surface area contributed by atoms with E-state index in [1.54, 1.807) is 0 Å². The minimum absolute atomic E-state index is 0.383. The largest absolute Gasteiger partial charge is 0.417 e. The molecule has 1 nitrogen and oxygen atoms in total. The smallest absolute Gasteiger partial charge is 0.380 e. The molecule has 0 aliphatic rings. The Labute approximate surface area is 103 Å². The maximum Gasteiger partial charge on any atom is 0.417 e. The predicted octanol–water partition coefficient (Wildman–Crippen LogP) is 3.62. The van der Waals surface area contributed by atoms with Crippen molar-refractivity contribution in [3.05, 3.63) is 42.6 Å². The number of aliphatic hydroxyl groups is 1. The van der Waals surface area contributed by atoms with Gasteiger partial charge in [-0.2, -0.15) is 13.2 Å². The number of rotatable bonds is 3. The molecule has 5 heteroatoms. The van der Waals surface area contributed by atoms with Crippen molar-refractivity contribution in [3.63, 3.8) is 0 Å². The summed E-state index contributed by atoms with van der Waals surface area (Å²) in [7, 11) is 0. The summed E-state index contributed by atoms with van der Waals surface area (Å²) in [6.07, 6.45) is -5.47. The lowest BCUT2D eigenvalue weighted by atomic mass is 9.75. The van der Waals surface area contributed by atoms with Crippen molar-refractivity contribution in [2.45, 2.75) is 37.5 Å². The zero-order chi connectivity index (χ0) is 14.2. The fourth-order valence-corrected chi connectivity index (χ4v) is 1.84.